The maximum absolute atomic E-state index is 11.5. The highest BCUT2D eigenvalue weighted by atomic mass is 16.5. The highest BCUT2D eigenvalue weighted by Crippen LogP contribution is 2.24. The molecular formula is C11H22N2O2. The van der Waals surface area contributed by atoms with Crippen molar-refractivity contribution in [1.82, 2.24) is 10.6 Å². The molecule has 0 aliphatic heterocycles. The van der Waals surface area contributed by atoms with E-state index in [-0.39, 0.29) is 5.91 Å². The molecule has 4 nitrogen and oxygen atoms in total. The molecule has 1 amide bonds. The van der Waals surface area contributed by atoms with Crippen LogP contribution in [0.1, 0.15) is 26.2 Å². The van der Waals surface area contributed by atoms with Gasteiger partial charge in [-0.05, 0) is 18.8 Å². The predicted octanol–water partition coefficient (Wildman–Crippen LogP) is 0.527. The van der Waals surface area contributed by atoms with E-state index >= 15 is 0 Å². The lowest BCUT2D eigenvalue weighted by Crippen LogP contribution is -2.42. The van der Waals surface area contributed by atoms with Crippen molar-refractivity contribution in [3.8, 4) is 0 Å². The quantitative estimate of drug-likeness (QED) is 0.634. The van der Waals surface area contributed by atoms with Gasteiger partial charge < -0.3 is 15.4 Å². The summed E-state index contributed by atoms with van der Waals surface area (Å²) in [7, 11) is 1.65. The molecule has 1 saturated carbocycles. The topological polar surface area (TPSA) is 50.4 Å². The summed E-state index contributed by atoms with van der Waals surface area (Å²) in [6.07, 6.45) is 3.61. The fraction of sp³-hybridized carbons (Fsp3) is 0.909. The van der Waals surface area contributed by atoms with E-state index in [9.17, 15) is 4.79 Å². The van der Waals surface area contributed by atoms with Gasteiger partial charge in [0, 0.05) is 19.7 Å². The lowest BCUT2D eigenvalue weighted by atomic mass is 10.1. The molecule has 0 saturated heterocycles. The van der Waals surface area contributed by atoms with Crippen LogP contribution < -0.4 is 10.6 Å². The number of hydrogen-bond donors (Lipinski definition) is 2. The Morgan fingerprint density at radius 2 is 2.27 bits per heavy atom. The average Bonchev–Trinajstić information content (AvgIpc) is 2.59. The SMILES string of the molecule is COCCNCC(=O)NC1CCCC1C. The van der Waals surface area contributed by atoms with Crippen molar-refractivity contribution in [2.75, 3.05) is 26.8 Å². The maximum Gasteiger partial charge on any atom is 0.234 e. The Balaban J connectivity index is 2.07. The Bertz CT molecular complexity index is 197. The summed E-state index contributed by atoms with van der Waals surface area (Å²) in [5.74, 6) is 0.734. The van der Waals surface area contributed by atoms with Crippen LogP contribution in [-0.2, 0) is 9.53 Å². The van der Waals surface area contributed by atoms with E-state index < -0.39 is 0 Å². The zero-order chi connectivity index (χ0) is 11.1. The average molecular weight is 214 g/mol. The first-order valence-electron chi connectivity index (χ1n) is 5.73. The van der Waals surface area contributed by atoms with Gasteiger partial charge in [0.2, 0.25) is 5.91 Å². The zero-order valence-electron chi connectivity index (χ0n) is 9.71. The van der Waals surface area contributed by atoms with Gasteiger partial charge in [-0.2, -0.15) is 0 Å². The second-order valence-electron chi connectivity index (χ2n) is 4.25. The van der Waals surface area contributed by atoms with Gasteiger partial charge in [0.1, 0.15) is 0 Å². The molecule has 4 heteroatoms. The number of ether oxygens (including phenoxy) is 1. The number of carbonyl (C=O) groups excluding carboxylic acids is 1. The third-order valence-electron chi connectivity index (χ3n) is 2.98. The van der Waals surface area contributed by atoms with E-state index in [2.05, 4.69) is 17.6 Å². The number of hydrogen-bond acceptors (Lipinski definition) is 3. The maximum atomic E-state index is 11.5. The van der Waals surface area contributed by atoms with Gasteiger partial charge >= 0.3 is 0 Å². The molecule has 1 rings (SSSR count). The molecular weight excluding hydrogens is 192 g/mol. The van der Waals surface area contributed by atoms with Crippen molar-refractivity contribution in [2.45, 2.75) is 32.2 Å². The molecule has 2 unspecified atom stereocenters. The van der Waals surface area contributed by atoms with E-state index in [4.69, 9.17) is 4.74 Å². The normalized spacial score (nSPS) is 25.5. The monoisotopic (exact) mass is 214 g/mol. The van der Waals surface area contributed by atoms with E-state index in [0.29, 0.717) is 25.1 Å². The van der Waals surface area contributed by atoms with Crippen molar-refractivity contribution in [2.24, 2.45) is 5.92 Å². The molecule has 0 heterocycles. The van der Waals surface area contributed by atoms with Gasteiger partial charge in [-0.3, -0.25) is 4.79 Å². The first-order chi connectivity index (χ1) is 7.24. The van der Waals surface area contributed by atoms with Gasteiger partial charge in [0.25, 0.3) is 0 Å². The van der Waals surface area contributed by atoms with Crippen LogP contribution in [-0.4, -0.2) is 38.8 Å². The van der Waals surface area contributed by atoms with Gasteiger partial charge in [-0.25, -0.2) is 0 Å². The summed E-state index contributed by atoms with van der Waals surface area (Å²) >= 11 is 0. The Labute approximate surface area is 91.8 Å². The van der Waals surface area contributed by atoms with Crippen LogP contribution in [0.4, 0.5) is 0 Å². The lowest BCUT2D eigenvalue weighted by molar-refractivity contribution is -0.121. The molecule has 1 fully saturated rings. The van der Waals surface area contributed by atoms with Crippen LogP contribution in [0, 0.1) is 5.92 Å². The van der Waals surface area contributed by atoms with Crippen molar-refractivity contribution >= 4 is 5.91 Å². The van der Waals surface area contributed by atoms with Crippen molar-refractivity contribution in [3.63, 3.8) is 0 Å². The zero-order valence-corrected chi connectivity index (χ0v) is 9.71. The summed E-state index contributed by atoms with van der Waals surface area (Å²) < 4.78 is 4.88. The van der Waals surface area contributed by atoms with Gasteiger partial charge in [-0.1, -0.05) is 13.3 Å². The summed E-state index contributed by atoms with van der Waals surface area (Å²) in [4.78, 5) is 11.5. The van der Waals surface area contributed by atoms with Crippen molar-refractivity contribution < 1.29 is 9.53 Å². The second-order valence-corrected chi connectivity index (χ2v) is 4.25. The third kappa shape index (κ3) is 4.62. The molecule has 15 heavy (non-hydrogen) atoms. The minimum atomic E-state index is 0.102. The summed E-state index contributed by atoms with van der Waals surface area (Å²) in [6, 6.07) is 0.390. The minimum Gasteiger partial charge on any atom is -0.383 e. The Hall–Kier alpha value is -0.610. The van der Waals surface area contributed by atoms with Crippen LogP contribution in [0.15, 0.2) is 0 Å². The molecule has 0 bridgehead atoms. The van der Waals surface area contributed by atoms with E-state index in [1.54, 1.807) is 7.11 Å². The second kappa shape index (κ2) is 6.80. The highest BCUT2D eigenvalue weighted by Gasteiger charge is 2.24. The number of methoxy groups -OCH3 is 1. The molecule has 0 aromatic carbocycles. The summed E-state index contributed by atoms with van der Waals surface area (Å²) in [5, 5.41) is 6.10. The Morgan fingerprint density at radius 3 is 2.87 bits per heavy atom. The smallest absolute Gasteiger partial charge is 0.234 e. The third-order valence-corrected chi connectivity index (χ3v) is 2.98. The molecule has 0 aromatic rings. The highest BCUT2D eigenvalue weighted by molar-refractivity contribution is 5.78. The van der Waals surface area contributed by atoms with Crippen LogP contribution in [0.5, 0.6) is 0 Å². The molecule has 0 aromatic heterocycles. The number of amides is 1. The van der Waals surface area contributed by atoms with Crippen LogP contribution in [0.2, 0.25) is 0 Å². The Morgan fingerprint density at radius 1 is 1.47 bits per heavy atom. The van der Waals surface area contributed by atoms with Crippen molar-refractivity contribution in [3.05, 3.63) is 0 Å². The lowest BCUT2D eigenvalue weighted by Gasteiger charge is -2.17. The fourth-order valence-electron chi connectivity index (χ4n) is 1.99. The van der Waals surface area contributed by atoms with Crippen LogP contribution >= 0.6 is 0 Å². The van der Waals surface area contributed by atoms with Gasteiger partial charge in [0.15, 0.2) is 0 Å². The number of rotatable bonds is 6. The Kier molecular flexibility index (Phi) is 5.65. The molecule has 1 aliphatic rings. The van der Waals surface area contributed by atoms with Gasteiger partial charge in [-0.15, -0.1) is 0 Å². The number of carbonyl (C=O) groups is 1. The van der Waals surface area contributed by atoms with E-state index in [1.807, 2.05) is 0 Å². The predicted molar refractivity (Wildman–Crippen MR) is 59.7 cm³/mol. The van der Waals surface area contributed by atoms with E-state index in [1.165, 1.54) is 12.8 Å². The summed E-state index contributed by atoms with van der Waals surface area (Å²) in [5.41, 5.74) is 0. The standard InChI is InChI=1S/C11H22N2O2/c1-9-4-3-5-10(9)13-11(14)8-12-6-7-15-2/h9-10,12H,3-8H2,1-2H3,(H,13,14). The summed E-state index contributed by atoms with van der Waals surface area (Å²) in [6.45, 7) is 3.97. The first kappa shape index (κ1) is 12.5. The molecule has 0 radical (unpaired) electrons. The number of nitrogens with one attached hydrogen (secondary N) is 2. The molecule has 2 atom stereocenters. The van der Waals surface area contributed by atoms with Crippen LogP contribution in [0.25, 0.3) is 0 Å². The molecule has 2 N–H and O–H groups in total. The largest absolute Gasteiger partial charge is 0.383 e. The molecule has 88 valence electrons. The molecule has 1 aliphatic carbocycles. The minimum absolute atomic E-state index is 0.102. The van der Waals surface area contributed by atoms with Crippen molar-refractivity contribution in [1.29, 1.82) is 0 Å². The van der Waals surface area contributed by atoms with E-state index in [0.717, 1.165) is 13.0 Å². The van der Waals surface area contributed by atoms with Crippen LogP contribution in [0.3, 0.4) is 0 Å². The first-order valence-corrected chi connectivity index (χ1v) is 5.73. The van der Waals surface area contributed by atoms with Gasteiger partial charge in [0.05, 0.1) is 13.2 Å². The fourth-order valence-corrected chi connectivity index (χ4v) is 1.99. The molecule has 0 spiro atoms.